The second kappa shape index (κ2) is 11.4. The molecule has 224 valence electrons. The highest BCUT2D eigenvalue weighted by Crippen LogP contribution is 2.39. The summed E-state index contributed by atoms with van der Waals surface area (Å²) in [4.78, 5) is 47.7. The van der Waals surface area contributed by atoms with Crippen LogP contribution in [0.15, 0.2) is 98.1 Å². The van der Waals surface area contributed by atoms with Crippen molar-refractivity contribution in [1.29, 1.82) is 0 Å². The molecule has 0 radical (unpaired) electrons. The van der Waals surface area contributed by atoms with Gasteiger partial charge in [-0.3, -0.25) is 0 Å². The molecule has 0 N–H and O–H groups in total. The number of fused-ring (bicyclic) bond motifs is 2. The first-order valence-electron chi connectivity index (χ1n) is 14.2. The highest BCUT2D eigenvalue weighted by atomic mass is 16.6. The number of esters is 4. The SMILES string of the molecule is C=CCc1cc(C(C)(C)c2ccc(Oc3ccc4c(c3)C(=O)OC4=O)c(CC=C)c2)ccc1Oc1ccc2c(c1)C(=O)OC2=O. The standard InChI is InChI=1S/C37H28O8/c1-5-7-21-17-23(9-15-31(21)42-25-11-13-27-29(19-25)35(40)44-33(27)38)37(3,4)24-10-16-32(22(18-24)8-6-2)43-26-12-14-28-30(20-26)36(41)45-34(28)39/h5-6,9-20H,1-2,7-8H2,3-4H3. The van der Waals surface area contributed by atoms with E-state index in [0.29, 0.717) is 35.8 Å². The Morgan fingerprint density at radius 3 is 1.38 bits per heavy atom. The quantitative estimate of drug-likeness (QED) is 0.104. The third-order valence-electron chi connectivity index (χ3n) is 7.98. The van der Waals surface area contributed by atoms with Gasteiger partial charge in [-0.05, 0) is 83.6 Å². The molecule has 0 saturated heterocycles. The van der Waals surface area contributed by atoms with Crippen LogP contribution in [0.25, 0.3) is 0 Å². The lowest BCUT2D eigenvalue weighted by atomic mass is 9.76. The average Bonchev–Trinajstić information content (AvgIpc) is 3.47. The van der Waals surface area contributed by atoms with Gasteiger partial charge in [0.15, 0.2) is 0 Å². The lowest BCUT2D eigenvalue weighted by Gasteiger charge is -2.28. The lowest BCUT2D eigenvalue weighted by Crippen LogP contribution is -2.19. The molecule has 0 aromatic heterocycles. The Morgan fingerprint density at radius 2 is 0.978 bits per heavy atom. The van der Waals surface area contributed by atoms with Crippen molar-refractivity contribution in [3.05, 3.63) is 143 Å². The van der Waals surface area contributed by atoms with Crippen LogP contribution < -0.4 is 9.47 Å². The number of hydrogen-bond donors (Lipinski definition) is 0. The molecule has 8 heteroatoms. The van der Waals surface area contributed by atoms with E-state index in [9.17, 15) is 19.2 Å². The summed E-state index contributed by atoms with van der Waals surface area (Å²) in [6, 6.07) is 21.2. The average molecular weight is 601 g/mol. The van der Waals surface area contributed by atoms with Crippen LogP contribution in [-0.4, -0.2) is 23.9 Å². The molecule has 0 unspecified atom stereocenters. The molecule has 0 fully saturated rings. The summed E-state index contributed by atoms with van der Waals surface area (Å²) < 4.78 is 21.7. The zero-order valence-electron chi connectivity index (χ0n) is 24.7. The van der Waals surface area contributed by atoms with Gasteiger partial charge in [-0.2, -0.15) is 0 Å². The third kappa shape index (κ3) is 5.42. The van der Waals surface area contributed by atoms with Crippen molar-refractivity contribution in [3.63, 3.8) is 0 Å². The minimum absolute atomic E-state index is 0.178. The molecule has 2 aliphatic heterocycles. The Morgan fingerprint density at radius 1 is 0.578 bits per heavy atom. The number of hydrogen-bond acceptors (Lipinski definition) is 8. The Balaban J connectivity index is 1.28. The predicted octanol–water partition coefficient (Wildman–Crippen LogP) is 7.68. The summed E-state index contributed by atoms with van der Waals surface area (Å²) in [5.74, 6) is -0.684. The third-order valence-corrected chi connectivity index (χ3v) is 7.98. The van der Waals surface area contributed by atoms with Gasteiger partial charge in [0, 0.05) is 5.41 Å². The molecule has 0 atom stereocenters. The molecule has 2 aliphatic rings. The van der Waals surface area contributed by atoms with Crippen LogP contribution >= 0.6 is 0 Å². The molecule has 0 amide bonds. The molecule has 2 heterocycles. The van der Waals surface area contributed by atoms with Crippen molar-refractivity contribution in [2.75, 3.05) is 0 Å². The molecule has 0 spiro atoms. The number of ether oxygens (including phenoxy) is 4. The van der Waals surface area contributed by atoms with Crippen molar-refractivity contribution >= 4 is 23.9 Å². The van der Waals surface area contributed by atoms with Gasteiger partial charge in [0.1, 0.15) is 23.0 Å². The summed E-state index contributed by atoms with van der Waals surface area (Å²) in [6.07, 6.45) is 4.67. The van der Waals surface area contributed by atoms with E-state index in [1.165, 1.54) is 24.3 Å². The van der Waals surface area contributed by atoms with E-state index in [0.717, 1.165) is 22.3 Å². The molecule has 8 nitrogen and oxygen atoms in total. The number of carbonyl (C=O) groups is 4. The van der Waals surface area contributed by atoms with Crippen molar-refractivity contribution in [3.8, 4) is 23.0 Å². The number of allylic oxidation sites excluding steroid dienone is 2. The maximum absolute atomic E-state index is 12.0. The van der Waals surface area contributed by atoms with Crippen LogP contribution in [-0.2, 0) is 27.7 Å². The van der Waals surface area contributed by atoms with Gasteiger partial charge in [0.05, 0.1) is 22.3 Å². The smallest absolute Gasteiger partial charge is 0.347 e. The number of rotatable bonds is 10. The van der Waals surface area contributed by atoms with Gasteiger partial charge in [-0.25, -0.2) is 19.2 Å². The summed E-state index contributed by atoms with van der Waals surface area (Å²) in [7, 11) is 0. The van der Waals surface area contributed by atoms with Crippen LogP contribution in [0, 0.1) is 0 Å². The van der Waals surface area contributed by atoms with Crippen molar-refractivity contribution in [1.82, 2.24) is 0 Å². The van der Waals surface area contributed by atoms with E-state index >= 15 is 0 Å². The molecule has 4 aromatic carbocycles. The number of carbonyl (C=O) groups excluding carboxylic acids is 4. The fraction of sp³-hybridized carbons (Fsp3) is 0.135. The molecule has 4 aromatic rings. The second-order valence-electron chi connectivity index (χ2n) is 11.2. The van der Waals surface area contributed by atoms with Gasteiger partial charge in [-0.1, -0.05) is 50.3 Å². The first-order chi connectivity index (χ1) is 21.6. The minimum atomic E-state index is -0.690. The molecule has 45 heavy (non-hydrogen) atoms. The van der Waals surface area contributed by atoms with Crippen LogP contribution in [0.4, 0.5) is 0 Å². The van der Waals surface area contributed by atoms with Gasteiger partial charge >= 0.3 is 23.9 Å². The van der Waals surface area contributed by atoms with Crippen molar-refractivity contribution < 1.29 is 38.1 Å². The largest absolute Gasteiger partial charge is 0.457 e. The molecular formula is C37H28O8. The second-order valence-corrected chi connectivity index (χ2v) is 11.2. The molecular weight excluding hydrogens is 572 g/mol. The maximum Gasteiger partial charge on any atom is 0.347 e. The van der Waals surface area contributed by atoms with Crippen molar-refractivity contribution in [2.45, 2.75) is 32.1 Å². The summed E-state index contributed by atoms with van der Waals surface area (Å²) in [6.45, 7) is 12.1. The zero-order chi connectivity index (χ0) is 31.9. The van der Waals surface area contributed by atoms with Crippen LogP contribution in [0.1, 0.15) is 77.5 Å². The molecule has 0 saturated carbocycles. The van der Waals surface area contributed by atoms with Gasteiger partial charge in [-0.15, -0.1) is 13.2 Å². The van der Waals surface area contributed by atoms with E-state index in [4.69, 9.17) is 18.9 Å². The van der Waals surface area contributed by atoms with Gasteiger partial charge < -0.3 is 18.9 Å². The van der Waals surface area contributed by atoms with Crippen molar-refractivity contribution in [2.24, 2.45) is 0 Å². The summed E-state index contributed by atoms with van der Waals surface area (Å²) in [5, 5.41) is 0. The zero-order valence-corrected chi connectivity index (χ0v) is 24.7. The highest BCUT2D eigenvalue weighted by Gasteiger charge is 2.31. The number of benzene rings is 4. The summed E-state index contributed by atoms with van der Waals surface area (Å²) in [5.41, 5.74) is 4.23. The fourth-order valence-electron chi connectivity index (χ4n) is 5.44. The Hall–Kier alpha value is -5.76. The van der Waals surface area contributed by atoms with E-state index in [2.05, 4.69) is 39.1 Å². The van der Waals surface area contributed by atoms with Crippen LogP contribution in [0.3, 0.4) is 0 Å². The topological polar surface area (TPSA) is 105 Å². The predicted molar refractivity (Wildman–Crippen MR) is 165 cm³/mol. The lowest BCUT2D eigenvalue weighted by molar-refractivity contribution is 0.0425. The highest BCUT2D eigenvalue weighted by molar-refractivity contribution is 6.15. The maximum atomic E-state index is 12.0. The number of cyclic esters (lactones) is 4. The molecule has 6 rings (SSSR count). The van der Waals surface area contributed by atoms with Crippen LogP contribution in [0.2, 0.25) is 0 Å². The first kappa shape index (κ1) is 29.3. The molecule has 0 bridgehead atoms. The van der Waals surface area contributed by atoms with Gasteiger partial charge in [0.2, 0.25) is 0 Å². The van der Waals surface area contributed by atoms with E-state index in [-0.39, 0.29) is 22.3 Å². The summed E-state index contributed by atoms with van der Waals surface area (Å²) >= 11 is 0. The van der Waals surface area contributed by atoms with E-state index in [1.807, 2.05) is 24.3 Å². The minimum Gasteiger partial charge on any atom is -0.457 e. The first-order valence-corrected chi connectivity index (χ1v) is 14.2. The van der Waals surface area contributed by atoms with Crippen LogP contribution in [0.5, 0.6) is 23.0 Å². The normalized spacial score (nSPS) is 13.6. The Labute approximate surface area is 259 Å². The van der Waals surface area contributed by atoms with E-state index < -0.39 is 29.3 Å². The Kier molecular flexibility index (Phi) is 7.42. The monoisotopic (exact) mass is 600 g/mol. The van der Waals surface area contributed by atoms with Gasteiger partial charge in [0.25, 0.3) is 0 Å². The molecule has 0 aliphatic carbocycles. The fourth-order valence-corrected chi connectivity index (χ4v) is 5.44. The Bertz CT molecular complexity index is 1810. The van der Waals surface area contributed by atoms with E-state index in [1.54, 1.807) is 24.3 Å².